The van der Waals surface area contributed by atoms with E-state index in [1.807, 2.05) is 12.1 Å². The first-order valence-corrected chi connectivity index (χ1v) is 6.78. The summed E-state index contributed by atoms with van der Waals surface area (Å²) < 4.78 is 10.9. The molecule has 0 aromatic heterocycles. The Morgan fingerprint density at radius 2 is 2.39 bits per heavy atom. The first-order chi connectivity index (χ1) is 8.79. The molecule has 1 N–H and O–H groups in total. The first kappa shape index (κ1) is 13.4. The molecule has 1 heterocycles. The summed E-state index contributed by atoms with van der Waals surface area (Å²) >= 11 is 0. The summed E-state index contributed by atoms with van der Waals surface area (Å²) in [6, 6.07) is 8.58. The van der Waals surface area contributed by atoms with Crippen LogP contribution < -0.4 is 10.1 Å². The topological polar surface area (TPSA) is 30.5 Å². The van der Waals surface area contributed by atoms with Crippen molar-refractivity contribution in [3.8, 4) is 5.75 Å². The van der Waals surface area contributed by atoms with E-state index in [1.165, 1.54) is 18.4 Å². The van der Waals surface area contributed by atoms with Gasteiger partial charge in [0, 0.05) is 12.6 Å². The Morgan fingerprint density at radius 1 is 1.50 bits per heavy atom. The van der Waals surface area contributed by atoms with Gasteiger partial charge in [0.05, 0.1) is 13.2 Å². The van der Waals surface area contributed by atoms with Gasteiger partial charge in [-0.05, 0) is 50.4 Å². The molecule has 2 atom stereocenters. The van der Waals surface area contributed by atoms with Gasteiger partial charge < -0.3 is 14.8 Å². The van der Waals surface area contributed by atoms with E-state index >= 15 is 0 Å². The van der Waals surface area contributed by atoms with Crippen molar-refractivity contribution < 1.29 is 9.47 Å². The van der Waals surface area contributed by atoms with Crippen molar-refractivity contribution in [2.24, 2.45) is 0 Å². The minimum absolute atomic E-state index is 0.349. The highest BCUT2D eigenvalue weighted by atomic mass is 16.5. The monoisotopic (exact) mass is 249 g/mol. The van der Waals surface area contributed by atoms with Gasteiger partial charge in [-0.3, -0.25) is 0 Å². The second-order valence-corrected chi connectivity index (χ2v) is 4.88. The molecule has 0 spiro atoms. The average Bonchev–Trinajstić information content (AvgIpc) is 2.92. The van der Waals surface area contributed by atoms with E-state index in [0.717, 1.165) is 25.3 Å². The fourth-order valence-corrected chi connectivity index (χ4v) is 2.36. The summed E-state index contributed by atoms with van der Waals surface area (Å²) in [5.74, 6) is 0.917. The Bertz CT molecular complexity index is 361. The maximum atomic E-state index is 5.62. The van der Waals surface area contributed by atoms with Crippen LogP contribution in [0.15, 0.2) is 24.3 Å². The molecule has 1 aliphatic rings. The first-order valence-electron chi connectivity index (χ1n) is 6.78. The quantitative estimate of drug-likeness (QED) is 0.841. The molecule has 1 saturated heterocycles. The normalized spacial score (nSPS) is 20.9. The lowest BCUT2D eigenvalue weighted by Gasteiger charge is -2.16. The minimum atomic E-state index is 0.349. The van der Waals surface area contributed by atoms with Crippen LogP contribution in [0, 0.1) is 0 Å². The van der Waals surface area contributed by atoms with Gasteiger partial charge in [0.2, 0.25) is 0 Å². The van der Waals surface area contributed by atoms with Crippen molar-refractivity contribution in [1.29, 1.82) is 0 Å². The van der Waals surface area contributed by atoms with Gasteiger partial charge in [-0.25, -0.2) is 0 Å². The third-order valence-electron chi connectivity index (χ3n) is 3.53. The molecule has 0 radical (unpaired) electrons. The summed E-state index contributed by atoms with van der Waals surface area (Å²) in [5.41, 5.74) is 1.27. The van der Waals surface area contributed by atoms with Crippen LogP contribution in [0.2, 0.25) is 0 Å². The number of nitrogens with one attached hydrogen (secondary N) is 1. The molecule has 100 valence electrons. The molecule has 0 amide bonds. The fraction of sp³-hybridized carbons (Fsp3) is 0.600. The van der Waals surface area contributed by atoms with Crippen LogP contribution in [0.5, 0.6) is 5.75 Å². The number of hydrogen-bond donors (Lipinski definition) is 1. The van der Waals surface area contributed by atoms with Crippen LogP contribution in [-0.2, 0) is 4.74 Å². The highest BCUT2D eigenvalue weighted by Crippen LogP contribution is 2.19. The van der Waals surface area contributed by atoms with Gasteiger partial charge in [-0.15, -0.1) is 0 Å². The molecule has 0 bridgehead atoms. The van der Waals surface area contributed by atoms with E-state index in [-0.39, 0.29) is 0 Å². The standard InChI is InChI=1S/C15H23NO2/c1-12(13-5-3-6-15(11-13)17-2)16-9-8-14-7-4-10-18-14/h3,5-6,11-12,14,16H,4,7-10H2,1-2H3/t12-,14?/m0/s1. The van der Waals surface area contributed by atoms with Gasteiger partial charge in [0.25, 0.3) is 0 Å². The highest BCUT2D eigenvalue weighted by molar-refractivity contribution is 5.30. The highest BCUT2D eigenvalue weighted by Gasteiger charge is 2.15. The van der Waals surface area contributed by atoms with E-state index in [2.05, 4.69) is 24.4 Å². The summed E-state index contributed by atoms with van der Waals surface area (Å²) in [5, 5.41) is 3.54. The SMILES string of the molecule is COc1cccc([C@H](C)NCCC2CCCO2)c1. The maximum Gasteiger partial charge on any atom is 0.119 e. The molecule has 0 aliphatic carbocycles. The zero-order chi connectivity index (χ0) is 12.8. The molecular formula is C15H23NO2. The van der Waals surface area contributed by atoms with Gasteiger partial charge in [-0.1, -0.05) is 12.1 Å². The summed E-state index contributed by atoms with van der Waals surface area (Å²) in [4.78, 5) is 0. The lowest BCUT2D eigenvalue weighted by molar-refractivity contribution is 0.103. The van der Waals surface area contributed by atoms with Gasteiger partial charge >= 0.3 is 0 Å². The van der Waals surface area contributed by atoms with Gasteiger partial charge in [0.15, 0.2) is 0 Å². The van der Waals surface area contributed by atoms with Crippen LogP contribution in [0.3, 0.4) is 0 Å². The molecule has 1 unspecified atom stereocenters. The third kappa shape index (κ3) is 3.72. The van der Waals surface area contributed by atoms with E-state index in [1.54, 1.807) is 7.11 Å². The van der Waals surface area contributed by atoms with Crippen molar-refractivity contribution in [1.82, 2.24) is 5.32 Å². The van der Waals surface area contributed by atoms with E-state index in [9.17, 15) is 0 Å². The van der Waals surface area contributed by atoms with Crippen LogP contribution in [0.25, 0.3) is 0 Å². The molecule has 1 aromatic carbocycles. The maximum absolute atomic E-state index is 5.62. The molecule has 0 saturated carbocycles. The van der Waals surface area contributed by atoms with Crippen LogP contribution in [0.4, 0.5) is 0 Å². The molecule has 3 nitrogen and oxygen atoms in total. The predicted molar refractivity (Wildman–Crippen MR) is 73.0 cm³/mol. The summed E-state index contributed by atoms with van der Waals surface area (Å²) in [6.07, 6.45) is 4.01. The zero-order valence-electron chi connectivity index (χ0n) is 11.3. The van der Waals surface area contributed by atoms with Crippen molar-refractivity contribution in [3.63, 3.8) is 0 Å². The van der Waals surface area contributed by atoms with Crippen LogP contribution in [-0.4, -0.2) is 26.4 Å². The van der Waals surface area contributed by atoms with Gasteiger partial charge in [-0.2, -0.15) is 0 Å². The Balaban J connectivity index is 1.77. The Labute approximate surface area is 109 Å². The number of rotatable bonds is 6. The molecule has 2 rings (SSSR count). The molecule has 1 fully saturated rings. The fourth-order valence-electron chi connectivity index (χ4n) is 2.36. The van der Waals surface area contributed by atoms with E-state index < -0.39 is 0 Å². The largest absolute Gasteiger partial charge is 0.497 e. The molecule has 3 heteroatoms. The van der Waals surface area contributed by atoms with E-state index in [4.69, 9.17) is 9.47 Å². The number of methoxy groups -OCH3 is 1. The Morgan fingerprint density at radius 3 is 3.11 bits per heavy atom. The van der Waals surface area contributed by atoms with Crippen molar-refractivity contribution in [3.05, 3.63) is 29.8 Å². The number of benzene rings is 1. The Hall–Kier alpha value is -1.06. The lowest BCUT2D eigenvalue weighted by Crippen LogP contribution is -2.23. The predicted octanol–water partition coefficient (Wildman–Crippen LogP) is 2.91. The summed E-state index contributed by atoms with van der Waals surface area (Å²) in [7, 11) is 1.70. The lowest BCUT2D eigenvalue weighted by atomic mass is 10.1. The molecule has 18 heavy (non-hydrogen) atoms. The van der Waals surface area contributed by atoms with Crippen molar-refractivity contribution in [2.75, 3.05) is 20.3 Å². The van der Waals surface area contributed by atoms with Crippen molar-refractivity contribution in [2.45, 2.75) is 38.3 Å². The third-order valence-corrected chi connectivity index (χ3v) is 3.53. The van der Waals surface area contributed by atoms with E-state index in [0.29, 0.717) is 12.1 Å². The van der Waals surface area contributed by atoms with Crippen LogP contribution in [0.1, 0.15) is 37.8 Å². The average molecular weight is 249 g/mol. The zero-order valence-corrected chi connectivity index (χ0v) is 11.3. The second kappa shape index (κ2) is 6.76. The van der Waals surface area contributed by atoms with Crippen molar-refractivity contribution >= 4 is 0 Å². The number of ether oxygens (including phenoxy) is 2. The Kier molecular flexibility index (Phi) is 5.02. The van der Waals surface area contributed by atoms with Gasteiger partial charge in [0.1, 0.15) is 5.75 Å². The van der Waals surface area contributed by atoms with Crippen LogP contribution >= 0.6 is 0 Å². The minimum Gasteiger partial charge on any atom is -0.497 e. The number of hydrogen-bond acceptors (Lipinski definition) is 3. The molecular weight excluding hydrogens is 226 g/mol. The second-order valence-electron chi connectivity index (χ2n) is 4.88. The smallest absolute Gasteiger partial charge is 0.119 e. The molecule has 1 aromatic rings. The summed E-state index contributed by atoms with van der Waals surface area (Å²) in [6.45, 7) is 4.13. The molecule has 1 aliphatic heterocycles.